The van der Waals surface area contributed by atoms with Crippen molar-refractivity contribution in [2.75, 3.05) is 26.7 Å². The lowest BCUT2D eigenvalue weighted by atomic mass is 9.78. The molecule has 0 bridgehead atoms. The van der Waals surface area contributed by atoms with Crippen molar-refractivity contribution < 1.29 is 5.11 Å². The van der Waals surface area contributed by atoms with Crippen LogP contribution in [0, 0.1) is 6.92 Å². The van der Waals surface area contributed by atoms with Gasteiger partial charge in [0, 0.05) is 12.0 Å². The molecule has 0 radical (unpaired) electrons. The molecule has 0 aromatic heterocycles. The highest BCUT2D eigenvalue weighted by molar-refractivity contribution is 5.35. The molecule has 2 heteroatoms. The van der Waals surface area contributed by atoms with Crippen molar-refractivity contribution in [2.24, 2.45) is 0 Å². The van der Waals surface area contributed by atoms with Gasteiger partial charge < -0.3 is 10.0 Å². The van der Waals surface area contributed by atoms with Crippen molar-refractivity contribution in [1.82, 2.24) is 4.90 Å². The van der Waals surface area contributed by atoms with Gasteiger partial charge in [-0.2, -0.15) is 0 Å². The van der Waals surface area contributed by atoms with Gasteiger partial charge in [-0.15, -0.1) is 0 Å². The van der Waals surface area contributed by atoms with E-state index in [0.29, 0.717) is 0 Å². The highest BCUT2D eigenvalue weighted by Gasteiger charge is 2.38. The number of nitrogens with zero attached hydrogens (tertiary/aromatic N) is 1. The average Bonchev–Trinajstić information content (AvgIpc) is 2.62. The predicted octanol–water partition coefficient (Wildman–Crippen LogP) is 1.56. The van der Waals surface area contributed by atoms with Gasteiger partial charge in [-0.25, -0.2) is 0 Å². The third kappa shape index (κ3) is 1.80. The lowest BCUT2D eigenvalue weighted by Crippen LogP contribution is -2.34. The van der Waals surface area contributed by atoms with Gasteiger partial charge in [0.15, 0.2) is 0 Å². The summed E-state index contributed by atoms with van der Waals surface area (Å²) in [5.41, 5.74) is 2.58. The van der Waals surface area contributed by atoms with Crippen molar-refractivity contribution in [3.05, 3.63) is 35.4 Å². The first kappa shape index (κ1) is 10.7. The Labute approximate surface area is 91.5 Å². The van der Waals surface area contributed by atoms with Crippen molar-refractivity contribution in [3.63, 3.8) is 0 Å². The molecule has 1 aromatic rings. The molecular weight excluding hydrogens is 186 g/mol. The normalized spacial score (nSPS) is 27.1. The topological polar surface area (TPSA) is 23.5 Å². The average molecular weight is 205 g/mol. The Bertz CT molecular complexity index is 350. The molecule has 0 aliphatic carbocycles. The largest absolute Gasteiger partial charge is 0.395 e. The molecule has 0 saturated carbocycles. The summed E-state index contributed by atoms with van der Waals surface area (Å²) in [5.74, 6) is 0. The number of likely N-dealkylation sites (tertiary alicyclic amines) is 1. The van der Waals surface area contributed by atoms with Crippen LogP contribution in [0.3, 0.4) is 0 Å². The minimum absolute atomic E-state index is 0.0277. The summed E-state index contributed by atoms with van der Waals surface area (Å²) in [6, 6.07) is 8.41. The number of likely N-dealkylation sites (N-methyl/N-ethyl adjacent to an activating group) is 1. The highest BCUT2D eigenvalue weighted by Crippen LogP contribution is 2.35. The van der Waals surface area contributed by atoms with Crippen molar-refractivity contribution in [1.29, 1.82) is 0 Å². The molecule has 0 amide bonds. The molecule has 1 aliphatic rings. The van der Waals surface area contributed by atoms with Gasteiger partial charge in [0.05, 0.1) is 6.61 Å². The van der Waals surface area contributed by atoms with Gasteiger partial charge in [0.1, 0.15) is 0 Å². The number of aliphatic hydroxyl groups is 1. The van der Waals surface area contributed by atoms with Crippen LogP contribution in [-0.4, -0.2) is 36.8 Å². The minimum Gasteiger partial charge on any atom is -0.395 e. The second-order valence-corrected chi connectivity index (χ2v) is 4.74. The zero-order valence-electron chi connectivity index (χ0n) is 9.53. The minimum atomic E-state index is -0.0277. The van der Waals surface area contributed by atoms with Gasteiger partial charge in [0.2, 0.25) is 0 Å². The summed E-state index contributed by atoms with van der Waals surface area (Å²) in [7, 11) is 2.12. The van der Waals surface area contributed by atoms with Crippen molar-refractivity contribution in [3.8, 4) is 0 Å². The molecule has 15 heavy (non-hydrogen) atoms. The molecular formula is C13H19NO. The molecule has 2 rings (SSSR count). The van der Waals surface area contributed by atoms with Gasteiger partial charge in [0.25, 0.3) is 0 Å². The summed E-state index contributed by atoms with van der Waals surface area (Å²) >= 11 is 0. The third-order valence-electron chi connectivity index (χ3n) is 3.56. The van der Waals surface area contributed by atoms with Crippen LogP contribution in [-0.2, 0) is 5.41 Å². The van der Waals surface area contributed by atoms with E-state index in [9.17, 15) is 5.11 Å². The molecule has 82 valence electrons. The summed E-state index contributed by atoms with van der Waals surface area (Å²) in [5, 5.41) is 9.69. The van der Waals surface area contributed by atoms with Crippen LogP contribution >= 0.6 is 0 Å². The van der Waals surface area contributed by atoms with E-state index in [1.807, 2.05) is 0 Å². The Kier molecular flexibility index (Phi) is 2.81. The monoisotopic (exact) mass is 205 g/mol. The summed E-state index contributed by atoms with van der Waals surface area (Å²) in [4.78, 5) is 2.29. The van der Waals surface area contributed by atoms with E-state index in [0.717, 1.165) is 19.5 Å². The van der Waals surface area contributed by atoms with E-state index in [-0.39, 0.29) is 12.0 Å². The number of aryl methyl sites for hydroxylation is 1. The molecule has 0 spiro atoms. The van der Waals surface area contributed by atoms with Gasteiger partial charge >= 0.3 is 0 Å². The van der Waals surface area contributed by atoms with Crippen molar-refractivity contribution in [2.45, 2.75) is 18.8 Å². The van der Waals surface area contributed by atoms with E-state index < -0.39 is 0 Å². The summed E-state index contributed by atoms with van der Waals surface area (Å²) in [6.07, 6.45) is 1.06. The Hall–Kier alpha value is -0.860. The fraction of sp³-hybridized carbons (Fsp3) is 0.538. The first-order chi connectivity index (χ1) is 7.18. The SMILES string of the molecule is Cc1ccccc1C1(CO)CCN(C)C1. The number of rotatable bonds is 2. The number of hydrogen-bond acceptors (Lipinski definition) is 2. The van der Waals surface area contributed by atoms with E-state index in [4.69, 9.17) is 0 Å². The number of aliphatic hydroxyl groups excluding tert-OH is 1. The fourth-order valence-electron chi connectivity index (χ4n) is 2.68. The van der Waals surface area contributed by atoms with Gasteiger partial charge in [-0.05, 0) is 38.1 Å². The van der Waals surface area contributed by atoms with E-state index >= 15 is 0 Å². The Balaban J connectivity index is 2.39. The standard InChI is InChI=1S/C13H19NO/c1-11-5-3-4-6-12(11)13(10-15)7-8-14(2)9-13/h3-6,15H,7-10H2,1-2H3. The maximum atomic E-state index is 9.69. The smallest absolute Gasteiger partial charge is 0.0540 e. The van der Waals surface area contributed by atoms with Crippen LogP contribution in [0.15, 0.2) is 24.3 Å². The first-order valence-corrected chi connectivity index (χ1v) is 5.53. The van der Waals surface area contributed by atoms with Gasteiger partial charge in [-0.3, -0.25) is 0 Å². The van der Waals surface area contributed by atoms with Crippen LogP contribution in [0.25, 0.3) is 0 Å². The fourth-order valence-corrected chi connectivity index (χ4v) is 2.68. The second kappa shape index (κ2) is 3.95. The summed E-state index contributed by atoms with van der Waals surface area (Å²) < 4.78 is 0. The zero-order valence-corrected chi connectivity index (χ0v) is 9.53. The van der Waals surface area contributed by atoms with Crippen molar-refractivity contribution >= 4 is 0 Å². The lowest BCUT2D eigenvalue weighted by Gasteiger charge is -2.28. The molecule has 1 fully saturated rings. The Morgan fingerprint density at radius 2 is 2.13 bits per heavy atom. The first-order valence-electron chi connectivity index (χ1n) is 5.53. The Morgan fingerprint density at radius 3 is 2.67 bits per heavy atom. The zero-order chi connectivity index (χ0) is 10.9. The van der Waals surface area contributed by atoms with Crippen LogP contribution in [0.1, 0.15) is 17.5 Å². The van der Waals surface area contributed by atoms with E-state index in [1.165, 1.54) is 11.1 Å². The van der Waals surface area contributed by atoms with Crippen LogP contribution < -0.4 is 0 Å². The second-order valence-electron chi connectivity index (χ2n) is 4.74. The van der Waals surface area contributed by atoms with Crippen LogP contribution in [0.5, 0.6) is 0 Å². The van der Waals surface area contributed by atoms with E-state index in [1.54, 1.807) is 0 Å². The molecule has 1 aliphatic heterocycles. The number of benzene rings is 1. The molecule has 1 heterocycles. The molecule has 1 unspecified atom stereocenters. The van der Waals surface area contributed by atoms with E-state index in [2.05, 4.69) is 43.1 Å². The molecule has 1 atom stereocenters. The molecule has 1 aromatic carbocycles. The maximum Gasteiger partial charge on any atom is 0.0540 e. The third-order valence-corrected chi connectivity index (χ3v) is 3.56. The number of hydrogen-bond donors (Lipinski definition) is 1. The predicted molar refractivity (Wildman–Crippen MR) is 62.1 cm³/mol. The Morgan fingerprint density at radius 1 is 1.40 bits per heavy atom. The quantitative estimate of drug-likeness (QED) is 0.792. The summed E-state index contributed by atoms with van der Waals surface area (Å²) in [6.45, 7) is 4.43. The molecule has 2 nitrogen and oxygen atoms in total. The van der Waals surface area contributed by atoms with Crippen LogP contribution in [0.2, 0.25) is 0 Å². The molecule has 1 saturated heterocycles. The molecule has 1 N–H and O–H groups in total. The highest BCUT2D eigenvalue weighted by atomic mass is 16.3. The maximum absolute atomic E-state index is 9.69. The lowest BCUT2D eigenvalue weighted by molar-refractivity contribution is 0.194. The van der Waals surface area contributed by atoms with Gasteiger partial charge in [-0.1, -0.05) is 24.3 Å². The van der Waals surface area contributed by atoms with Crippen LogP contribution in [0.4, 0.5) is 0 Å².